The molecule has 1 aromatic carbocycles. The van der Waals surface area contributed by atoms with Crippen molar-refractivity contribution >= 4 is 9.93 Å². The number of thiol groups is 1. The van der Waals surface area contributed by atoms with Crippen LogP contribution < -0.4 is 0 Å². The van der Waals surface area contributed by atoms with Crippen molar-refractivity contribution in [2.75, 3.05) is 12.0 Å². The maximum Gasteiger partial charge on any atom is 0.0261 e. The van der Waals surface area contributed by atoms with E-state index in [2.05, 4.69) is 0 Å². The van der Waals surface area contributed by atoms with Crippen molar-refractivity contribution in [3.63, 3.8) is 0 Å². The van der Waals surface area contributed by atoms with Gasteiger partial charge in [0, 0.05) is 5.75 Å². The van der Waals surface area contributed by atoms with Crippen LogP contribution in [0.5, 0.6) is 0 Å². The molecule has 0 atom stereocenters. The first-order valence-corrected chi connectivity index (χ1v) is 6.76. The molecular weight excluding hydrogens is 168 g/mol. The Bertz CT molecular complexity index is 279. The van der Waals surface area contributed by atoms with E-state index in [4.69, 9.17) is 0 Å². The first-order chi connectivity index (χ1) is 5.64. The zero-order chi connectivity index (χ0) is 9.03. The molecule has 0 radical (unpaired) electrons. The molecule has 1 rings (SSSR count). The second-order valence-electron chi connectivity index (χ2n) is 3.26. The molecule has 0 amide bonds. The highest BCUT2D eigenvalue weighted by Crippen LogP contribution is 2.09. The Labute approximate surface area is 75.2 Å². The van der Waals surface area contributed by atoms with Crippen LogP contribution in [0.1, 0.15) is 12.5 Å². The zero-order valence-electron chi connectivity index (χ0n) is 7.66. The van der Waals surface area contributed by atoms with Gasteiger partial charge in [-0.05, 0) is 17.6 Å². The third kappa shape index (κ3) is 2.78. The number of rotatable bonds is 3. The highest BCUT2D eigenvalue weighted by Gasteiger charge is 2.05. The van der Waals surface area contributed by atoms with E-state index in [0.29, 0.717) is 0 Å². The third-order valence-electron chi connectivity index (χ3n) is 2.03. The van der Waals surface area contributed by atoms with Crippen molar-refractivity contribution in [2.24, 2.45) is 0 Å². The minimum absolute atomic E-state index is 0.740. The Kier molecular flexibility index (Phi) is 3.04. The molecule has 0 aromatic heterocycles. The summed E-state index contributed by atoms with van der Waals surface area (Å²) in [6.07, 6.45) is 1.88. The van der Waals surface area contributed by atoms with Gasteiger partial charge in [0.15, 0.2) is 0 Å². The normalized spacial score (nSPS) is 12.8. The fourth-order valence-corrected chi connectivity index (χ4v) is 2.29. The minimum atomic E-state index is -1.90. The van der Waals surface area contributed by atoms with Crippen molar-refractivity contribution in [3.05, 3.63) is 35.9 Å². The van der Waals surface area contributed by atoms with Gasteiger partial charge in [-0.1, -0.05) is 37.3 Å². The smallest absolute Gasteiger partial charge is 0.0261 e. The Morgan fingerprint density at radius 2 is 1.83 bits per heavy atom. The van der Waals surface area contributed by atoms with E-state index in [1.165, 1.54) is 5.56 Å². The number of hydrogen-bond donors (Lipinski definition) is 1. The molecule has 0 spiro atoms. The maximum absolute atomic E-state index is 11.8. The standard InChI is InChI=1S/C10H16OS/c1-3-12(2,11)9-10-7-5-4-6-8-10/h4-8,12H,3,9H2,1-2H3. The van der Waals surface area contributed by atoms with Crippen LogP contribution in [0.2, 0.25) is 0 Å². The molecule has 0 aliphatic carbocycles. The maximum atomic E-state index is 11.8. The van der Waals surface area contributed by atoms with E-state index >= 15 is 0 Å². The molecule has 2 heteroatoms. The van der Waals surface area contributed by atoms with Gasteiger partial charge in [0.05, 0.1) is 0 Å². The van der Waals surface area contributed by atoms with Crippen LogP contribution in [0, 0.1) is 0 Å². The lowest BCUT2D eigenvalue weighted by Crippen LogP contribution is -2.14. The minimum Gasteiger partial charge on any atom is -0.285 e. The van der Waals surface area contributed by atoms with Crippen LogP contribution in [0.3, 0.4) is 0 Å². The summed E-state index contributed by atoms with van der Waals surface area (Å²) in [5, 5.41) is 0. The molecular formula is C10H16OS. The van der Waals surface area contributed by atoms with Crippen LogP contribution in [-0.4, -0.2) is 16.2 Å². The Balaban J connectivity index is 2.71. The molecule has 0 N–H and O–H groups in total. The SMILES string of the molecule is CC[SH](C)(=O)Cc1ccccc1. The van der Waals surface area contributed by atoms with Crippen molar-refractivity contribution in [3.8, 4) is 0 Å². The van der Waals surface area contributed by atoms with Gasteiger partial charge < -0.3 is 0 Å². The van der Waals surface area contributed by atoms with E-state index in [0.717, 1.165) is 11.5 Å². The first kappa shape index (κ1) is 9.46. The van der Waals surface area contributed by atoms with Gasteiger partial charge in [-0.15, -0.1) is 9.93 Å². The molecule has 68 valence electrons. The summed E-state index contributed by atoms with van der Waals surface area (Å²) in [6.45, 7) is 1.99. The van der Waals surface area contributed by atoms with Gasteiger partial charge in [0.1, 0.15) is 0 Å². The molecule has 0 bridgehead atoms. The lowest BCUT2D eigenvalue weighted by Gasteiger charge is -2.15. The van der Waals surface area contributed by atoms with E-state index in [9.17, 15) is 4.21 Å². The molecule has 0 unspecified atom stereocenters. The van der Waals surface area contributed by atoms with Crippen LogP contribution in [-0.2, 0) is 15.7 Å². The second-order valence-corrected chi connectivity index (χ2v) is 6.80. The first-order valence-electron chi connectivity index (χ1n) is 4.23. The van der Waals surface area contributed by atoms with Gasteiger partial charge >= 0.3 is 0 Å². The van der Waals surface area contributed by atoms with Crippen molar-refractivity contribution < 1.29 is 4.21 Å². The Morgan fingerprint density at radius 1 is 1.25 bits per heavy atom. The van der Waals surface area contributed by atoms with E-state index in [1.807, 2.05) is 43.5 Å². The summed E-state index contributed by atoms with van der Waals surface area (Å²) < 4.78 is 11.8. The highest BCUT2D eigenvalue weighted by atomic mass is 32.2. The van der Waals surface area contributed by atoms with Crippen molar-refractivity contribution in [2.45, 2.75) is 12.7 Å². The summed E-state index contributed by atoms with van der Waals surface area (Å²) in [4.78, 5) is 0. The van der Waals surface area contributed by atoms with Gasteiger partial charge in [-0.25, -0.2) is 0 Å². The molecule has 1 aromatic rings. The summed E-state index contributed by atoms with van der Waals surface area (Å²) in [5.74, 6) is 1.53. The molecule has 0 saturated carbocycles. The molecule has 0 aliphatic rings. The number of hydrogen-bond acceptors (Lipinski definition) is 1. The lowest BCUT2D eigenvalue weighted by molar-refractivity contribution is 0.674. The Hall–Kier alpha value is -0.630. The summed E-state index contributed by atoms with van der Waals surface area (Å²) in [7, 11) is -1.90. The van der Waals surface area contributed by atoms with E-state index in [1.54, 1.807) is 0 Å². The zero-order valence-corrected chi connectivity index (χ0v) is 8.55. The quantitative estimate of drug-likeness (QED) is 0.709. The number of benzene rings is 1. The molecule has 0 saturated heterocycles. The molecule has 0 fully saturated rings. The van der Waals surface area contributed by atoms with Crippen molar-refractivity contribution in [1.82, 2.24) is 0 Å². The summed E-state index contributed by atoms with van der Waals surface area (Å²) in [6, 6.07) is 10.0. The molecule has 12 heavy (non-hydrogen) atoms. The third-order valence-corrected chi connectivity index (χ3v) is 4.40. The molecule has 0 heterocycles. The Morgan fingerprint density at radius 3 is 2.33 bits per heavy atom. The van der Waals surface area contributed by atoms with Gasteiger partial charge in [0.25, 0.3) is 0 Å². The molecule has 1 nitrogen and oxygen atoms in total. The largest absolute Gasteiger partial charge is 0.285 e. The van der Waals surface area contributed by atoms with Gasteiger partial charge in [-0.3, -0.25) is 4.21 Å². The molecule has 0 aliphatic heterocycles. The van der Waals surface area contributed by atoms with Crippen molar-refractivity contribution in [1.29, 1.82) is 0 Å². The fraction of sp³-hybridized carbons (Fsp3) is 0.400. The van der Waals surface area contributed by atoms with Gasteiger partial charge in [-0.2, -0.15) is 0 Å². The van der Waals surface area contributed by atoms with Gasteiger partial charge in [0.2, 0.25) is 0 Å². The monoisotopic (exact) mass is 184 g/mol. The summed E-state index contributed by atoms with van der Waals surface area (Å²) >= 11 is 0. The van der Waals surface area contributed by atoms with Crippen LogP contribution in [0.4, 0.5) is 0 Å². The highest BCUT2D eigenvalue weighted by molar-refractivity contribution is 8.01. The second kappa shape index (κ2) is 3.85. The predicted octanol–water partition coefficient (Wildman–Crippen LogP) is 1.85. The van der Waals surface area contributed by atoms with Crippen LogP contribution in [0.25, 0.3) is 0 Å². The average Bonchev–Trinajstić information content (AvgIpc) is 2.06. The lowest BCUT2D eigenvalue weighted by atomic mass is 10.2. The van der Waals surface area contributed by atoms with E-state index < -0.39 is 9.93 Å². The van der Waals surface area contributed by atoms with Crippen LogP contribution in [0.15, 0.2) is 30.3 Å². The van der Waals surface area contributed by atoms with Crippen LogP contribution >= 0.6 is 0 Å². The van der Waals surface area contributed by atoms with E-state index in [-0.39, 0.29) is 0 Å². The topological polar surface area (TPSA) is 17.1 Å². The average molecular weight is 184 g/mol. The summed E-state index contributed by atoms with van der Waals surface area (Å²) in [5.41, 5.74) is 1.19. The fourth-order valence-electron chi connectivity index (χ4n) is 1.08. The predicted molar refractivity (Wildman–Crippen MR) is 56.1 cm³/mol.